The van der Waals surface area contributed by atoms with Crippen LogP contribution >= 0.6 is 0 Å². The first-order valence-electron chi connectivity index (χ1n) is 7.21. The zero-order chi connectivity index (χ0) is 14.2. The lowest BCUT2D eigenvalue weighted by Crippen LogP contribution is -2.33. The Labute approximate surface area is 121 Å². The normalized spacial score (nSPS) is 12.3. The van der Waals surface area contributed by atoms with Gasteiger partial charge in [0.2, 0.25) is 0 Å². The Morgan fingerprint density at radius 2 is 2.00 bits per heavy atom. The Bertz CT molecular complexity index is 493. The zero-order valence-corrected chi connectivity index (χ0v) is 12.3. The van der Waals surface area contributed by atoms with E-state index in [-0.39, 0.29) is 0 Å². The molecule has 0 saturated heterocycles. The van der Waals surface area contributed by atoms with Gasteiger partial charge in [-0.1, -0.05) is 25.1 Å². The standard InChI is InChI=1S/C17H23NO2/c1-3-10-18-15(13-16-8-6-11-20-16)12-14-7-4-5-9-17(14)19-2/h4-9,11,15,18H,3,10,12-13H2,1-2H3. The van der Waals surface area contributed by atoms with Crippen molar-refractivity contribution in [3.05, 3.63) is 54.0 Å². The molecule has 3 nitrogen and oxygen atoms in total. The van der Waals surface area contributed by atoms with Crippen molar-refractivity contribution >= 4 is 0 Å². The molecule has 108 valence electrons. The van der Waals surface area contributed by atoms with E-state index in [1.807, 2.05) is 24.3 Å². The second-order valence-electron chi connectivity index (χ2n) is 4.95. The molecule has 0 aliphatic carbocycles. The lowest BCUT2D eigenvalue weighted by Gasteiger charge is -2.19. The van der Waals surface area contributed by atoms with Gasteiger partial charge < -0.3 is 14.5 Å². The van der Waals surface area contributed by atoms with Crippen LogP contribution in [0.2, 0.25) is 0 Å². The predicted molar refractivity (Wildman–Crippen MR) is 81.2 cm³/mol. The Balaban J connectivity index is 2.06. The third-order valence-corrected chi connectivity index (χ3v) is 3.37. The van der Waals surface area contributed by atoms with E-state index in [1.165, 1.54) is 5.56 Å². The van der Waals surface area contributed by atoms with E-state index in [9.17, 15) is 0 Å². The van der Waals surface area contributed by atoms with Crippen molar-refractivity contribution in [1.29, 1.82) is 0 Å². The highest BCUT2D eigenvalue weighted by molar-refractivity contribution is 5.34. The highest BCUT2D eigenvalue weighted by atomic mass is 16.5. The number of furan rings is 1. The van der Waals surface area contributed by atoms with Crippen LogP contribution in [0.1, 0.15) is 24.7 Å². The summed E-state index contributed by atoms with van der Waals surface area (Å²) in [5.41, 5.74) is 1.23. The summed E-state index contributed by atoms with van der Waals surface area (Å²) in [5, 5.41) is 3.59. The van der Waals surface area contributed by atoms with Gasteiger partial charge in [0.1, 0.15) is 11.5 Å². The summed E-state index contributed by atoms with van der Waals surface area (Å²) in [6, 6.07) is 12.5. The van der Waals surface area contributed by atoms with Gasteiger partial charge >= 0.3 is 0 Å². The molecule has 1 unspecified atom stereocenters. The van der Waals surface area contributed by atoms with Crippen LogP contribution in [0.5, 0.6) is 5.75 Å². The Morgan fingerprint density at radius 3 is 2.70 bits per heavy atom. The molecule has 3 heteroatoms. The molecule has 2 rings (SSSR count). The maximum absolute atomic E-state index is 5.47. The monoisotopic (exact) mass is 273 g/mol. The minimum absolute atomic E-state index is 0.359. The molecule has 20 heavy (non-hydrogen) atoms. The maximum atomic E-state index is 5.47. The van der Waals surface area contributed by atoms with Crippen LogP contribution in [0.15, 0.2) is 47.1 Å². The van der Waals surface area contributed by atoms with E-state index in [2.05, 4.69) is 24.4 Å². The summed E-state index contributed by atoms with van der Waals surface area (Å²) >= 11 is 0. The van der Waals surface area contributed by atoms with Crippen LogP contribution in [0, 0.1) is 0 Å². The zero-order valence-electron chi connectivity index (χ0n) is 12.3. The van der Waals surface area contributed by atoms with Crippen molar-refractivity contribution in [2.24, 2.45) is 0 Å². The Kier molecular flexibility index (Phi) is 5.69. The molecular formula is C17H23NO2. The fourth-order valence-corrected chi connectivity index (χ4v) is 2.37. The van der Waals surface area contributed by atoms with Crippen molar-refractivity contribution in [3.63, 3.8) is 0 Å². The van der Waals surface area contributed by atoms with Crippen molar-refractivity contribution in [1.82, 2.24) is 5.32 Å². The van der Waals surface area contributed by atoms with Gasteiger partial charge in [0.25, 0.3) is 0 Å². The first-order valence-corrected chi connectivity index (χ1v) is 7.21. The smallest absolute Gasteiger partial charge is 0.122 e. The molecule has 1 heterocycles. The molecule has 1 aromatic heterocycles. The molecule has 0 spiro atoms. The molecule has 0 saturated carbocycles. The van der Waals surface area contributed by atoms with Gasteiger partial charge in [-0.3, -0.25) is 0 Å². The summed E-state index contributed by atoms with van der Waals surface area (Å²) in [6.07, 6.45) is 4.69. The molecule has 1 atom stereocenters. The molecule has 0 amide bonds. The molecule has 1 aromatic carbocycles. The predicted octanol–water partition coefficient (Wildman–Crippen LogP) is 3.44. The number of hydrogen-bond donors (Lipinski definition) is 1. The van der Waals surface area contributed by atoms with Crippen LogP contribution in [-0.2, 0) is 12.8 Å². The van der Waals surface area contributed by atoms with Gasteiger partial charge in [-0.25, -0.2) is 0 Å². The fraction of sp³-hybridized carbons (Fsp3) is 0.412. The first-order chi connectivity index (χ1) is 9.83. The van der Waals surface area contributed by atoms with Gasteiger partial charge in [-0.15, -0.1) is 0 Å². The second kappa shape index (κ2) is 7.75. The molecule has 1 N–H and O–H groups in total. The van der Waals surface area contributed by atoms with Crippen LogP contribution in [0.25, 0.3) is 0 Å². The van der Waals surface area contributed by atoms with Crippen molar-refractivity contribution in [3.8, 4) is 5.75 Å². The van der Waals surface area contributed by atoms with E-state index < -0.39 is 0 Å². The highest BCUT2D eigenvalue weighted by Crippen LogP contribution is 2.20. The molecule has 0 aliphatic heterocycles. The first kappa shape index (κ1) is 14.7. The number of benzene rings is 1. The van der Waals surface area contributed by atoms with Gasteiger partial charge in [0.15, 0.2) is 0 Å². The number of methoxy groups -OCH3 is 1. The van der Waals surface area contributed by atoms with Gasteiger partial charge in [-0.05, 0) is 43.1 Å². The number of hydrogen-bond acceptors (Lipinski definition) is 3. The van der Waals surface area contributed by atoms with Crippen LogP contribution in [0.3, 0.4) is 0 Å². The molecule has 2 aromatic rings. The summed E-state index contributed by atoms with van der Waals surface area (Å²) in [5.74, 6) is 1.98. The van der Waals surface area contributed by atoms with Crippen LogP contribution in [-0.4, -0.2) is 19.7 Å². The van der Waals surface area contributed by atoms with Crippen LogP contribution in [0.4, 0.5) is 0 Å². The van der Waals surface area contributed by atoms with E-state index in [1.54, 1.807) is 13.4 Å². The number of nitrogens with one attached hydrogen (secondary N) is 1. The Morgan fingerprint density at radius 1 is 1.15 bits per heavy atom. The Hall–Kier alpha value is -1.74. The molecule has 0 radical (unpaired) electrons. The van der Waals surface area contributed by atoms with Gasteiger partial charge in [0.05, 0.1) is 13.4 Å². The fourth-order valence-electron chi connectivity index (χ4n) is 2.37. The third-order valence-electron chi connectivity index (χ3n) is 3.37. The van der Waals surface area contributed by atoms with Crippen molar-refractivity contribution in [2.75, 3.05) is 13.7 Å². The molecule has 0 aliphatic rings. The quantitative estimate of drug-likeness (QED) is 0.800. The summed E-state index contributed by atoms with van der Waals surface area (Å²) < 4.78 is 10.9. The average molecular weight is 273 g/mol. The lowest BCUT2D eigenvalue weighted by atomic mass is 10.0. The highest BCUT2D eigenvalue weighted by Gasteiger charge is 2.13. The number of ether oxygens (including phenoxy) is 1. The number of rotatable bonds is 8. The van der Waals surface area contributed by atoms with Gasteiger partial charge in [0, 0.05) is 12.5 Å². The molecule has 0 fully saturated rings. The van der Waals surface area contributed by atoms with E-state index in [0.29, 0.717) is 6.04 Å². The van der Waals surface area contributed by atoms with Gasteiger partial charge in [-0.2, -0.15) is 0 Å². The summed E-state index contributed by atoms with van der Waals surface area (Å²) in [4.78, 5) is 0. The third kappa shape index (κ3) is 4.14. The maximum Gasteiger partial charge on any atom is 0.122 e. The largest absolute Gasteiger partial charge is 0.496 e. The van der Waals surface area contributed by atoms with E-state index in [0.717, 1.165) is 37.3 Å². The minimum atomic E-state index is 0.359. The minimum Gasteiger partial charge on any atom is -0.496 e. The molecular weight excluding hydrogens is 250 g/mol. The average Bonchev–Trinajstić information content (AvgIpc) is 2.98. The second-order valence-corrected chi connectivity index (χ2v) is 4.95. The molecule has 0 bridgehead atoms. The van der Waals surface area contributed by atoms with Crippen molar-refractivity contribution < 1.29 is 9.15 Å². The van der Waals surface area contributed by atoms with Crippen molar-refractivity contribution in [2.45, 2.75) is 32.2 Å². The van der Waals surface area contributed by atoms with Crippen LogP contribution < -0.4 is 10.1 Å². The SMILES string of the molecule is CCCNC(Cc1ccco1)Cc1ccccc1OC. The summed E-state index contributed by atoms with van der Waals surface area (Å²) in [6.45, 7) is 3.20. The summed E-state index contributed by atoms with van der Waals surface area (Å²) in [7, 11) is 1.72. The topological polar surface area (TPSA) is 34.4 Å². The van der Waals surface area contributed by atoms with E-state index >= 15 is 0 Å². The number of para-hydroxylation sites is 1. The lowest BCUT2D eigenvalue weighted by molar-refractivity contribution is 0.399. The van der Waals surface area contributed by atoms with E-state index in [4.69, 9.17) is 9.15 Å².